The third-order valence-electron chi connectivity index (χ3n) is 3.64. The highest BCUT2D eigenvalue weighted by atomic mass is 35.5. The van der Waals surface area contributed by atoms with Gasteiger partial charge >= 0.3 is 0 Å². The second kappa shape index (κ2) is 8.22. The second-order valence-electron chi connectivity index (χ2n) is 5.12. The van der Waals surface area contributed by atoms with Gasteiger partial charge in [-0.2, -0.15) is 0 Å². The van der Waals surface area contributed by atoms with Crippen LogP contribution in [0.1, 0.15) is 17.7 Å². The molecule has 1 saturated heterocycles. The van der Waals surface area contributed by atoms with Gasteiger partial charge in [0.2, 0.25) is 0 Å². The van der Waals surface area contributed by atoms with E-state index in [1.165, 1.54) is 30.8 Å². The lowest BCUT2D eigenvalue weighted by Crippen LogP contribution is -2.38. The molecule has 1 aromatic heterocycles. The normalized spacial score (nSPS) is 18.0. The molecule has 0 unspecified atom stereocenters. The number of likely N-dealkylation sites (tertiary alicyclic amines) is 1. The van der Waals surface area contributed by atoms with E-state index in [9.17, 15) is 0 Å². The van der Waals surface area contributed by atoms with Crippen molar-refractivity contribution in [3.05, 3.63) is 21.3 Å². The van der Waals surface area contributed by atoms with E-state index >= 15 is 0 Å². The fourth-order valence-corrected chi connectivity index (χ4v) is 3.57. The summed E-state index contributed by atoms with van der Waals surface area (Å²) in [5.74, 6) is 0.766. The summed E-state index contributed by atoms with van der Waals surface area (Å²) in [5.41, 5.74) is 0. The average molecular weight is 303 g/mol. The first-order valence-corrected chi connectivity index (χ1v) is 8.13. The van der Waals surface area contributed by atoms with E-state index in [1.807, 2.05) is 6.07 Å². The molecular formula is C14H23ClN2OS. The Bertz CT molecular complexity index is 364. The maximum Gasteiger partial charge on any atom is 0.0931 e. The van der Waals surface area contributed by atoms with Gasteiger partial charge in [-0.1, -0.05) is 11.6 Å². The average Bonchev–Trinajstić information content (AvgIpc) is 2.83. The van der Waals surface area contributed by atoms with Crippen LogP contribution in [0, 0.1) is 5.92 Å². The van der Waals surface area contributed by atoms with Crippen molar-refractivity contribution in [2.24, 2.45) is 5.92 Å². The summed E-state index contributed by atoms with van der Waals surface area (Å²) < 4.78 is 6.10. The van der Waals surface area contributed by atoms with E-state index in [1.54, 1.807) is 18.4 Å². The summed E-state index contributed by atoms with van der Waals surface area (Å²) in [4.78, 5) is 3.85. The summed E-state index contributed by atoms with van der Waals surface area (Å²) in [6, 6.07) is 4.06. The first kappa shape index (κ1) is 15.3. The van der Waals surface area contributed by atoms with Gasteiger partial charge in [-0.05, 0) is 44.0 Å². The summed E-state index contributed by atoms with van der Waals surface area (Å²) in [7, 11) is 1.80. The molecule has 0 aliphatic carbocycles. The minimum Gasteiger partial charge on any atom is -0.384 e. The van der Waals surface area contributed by atoms with Crippen LogP contribution in [0.25, 0.3) is 0 Å². The van der Waals surface area contributed by atoms with E-state index in [-0.39, 0.29) is 0 Å². The van der Waals surface area contributed by atoms with E-state index in [2.05, 4.69) is 16.3 Å². The van der Waals surface area contributed by atoms with Gasteiger partial charge in [0, 0.05) is 38.2 Å². The van der Waals surface area contributed by atoms with E-state index < -0.39 is 0 Å². The molecular weight excluding hydrogens is 280 g/mol. The maximum atomic E-state index is 5.91. The smallest absolute Gasteiger partial charge is 0.0931 e. The molecule has 5 heteroatoms. The summed E-state index contributed by atoms with van der Waals surface area (Å²) in [6.07, 6.45) is 2.54. The highest BCUT2D eigenvalue weighted by Crippen LogP contribution is 2.21. The predicted molar refractivity (Wildman–Crippen MR) is 82.1 cm³/mol. The van der Waals surface area contributed by atoms with Gasteiger partial charge in [-0.15, -0.1) is 11.3 Å². The second-order valence-corrected chi connectivity index (χ2v) is 6.92. The molecule has 3 nitrogen and oxygen atoms in total. The number of halogens is 1. The van der Waals surface area contributed by atoms with Crippen molar-refractivity contribution in [2.75, 3.05) is 39.9 Å². The Morgan fingerprint density at radius 3 is 2.84 bits per heavy atom. The summed E-state index contributed by atoms with van der Waals surface area (Å²) >= 11 is 7.56. The number of thiophene rings is 1. The van der Waals surface area contributed by atoms with Gasteiger partial charge in [0.05, 0.1) is 4.34 Å². The topological polar surface area (TPSA) is 24.5 Å². The van der Waals surface area contributed by atoms with Crippen molar-refractivity contribution in [1.82, 2.24) is 10.2 Å². The van der Waals surface area contributed by atoms with Gasteiger partial charge < -0.3 is 15.0 Å². The summed E-state index contributed by atoms with van der Waals surface area (Å²) in [5, 5.41) is 3.48. The van der Waals surface area contributed by atoms with Crippen molar-refractivity contribution in [3.63, 3.8) is 0 Å². The Kier molecular flexibility index (Phi) is 6.61. The molecule has 108 valence electrons. The lowest BCUT2D eigenvalue weighted by molar-refractivity contribution is 0.0998. The molecule has 0 aromatic carbocycles. The molecule has 1 N–H and O–H groups in total. The minimum absolute atomic E-state index is 0.766. The monoisotopic (exact) mass is 302 g/mol. The molecule has 0 saturated carbocycles. The molecule has 2 heterocycles. The van der Waals surface area contributed by atoms with E-state index in [0.717, 1.165) is 36.5 Å². The third kappa shape index (κ3) is 5.40. The maximum absolute atomic E-state index is 5.91. The number of methoxy groups -OCH3 is 1. The molecule has 1 fully saturated rings. The Morgan fingerprint density at radius 2 is 2.21 bits per heavy atom. The van der Waals surface area contributed by atoms with Crippen molar-refractivity contribution in [2.45, 2.75) is 19.4 Å². The molecule has 0 amide bonds. The van der Waals surface area contributed by atoms with Crippen LogP contribution in [-0.4, -0.2) is 44.8 Å². The molecule has 1 aromatic rings. The Labute approximate surface area is 124 Å². The highest BCUT2D eigenvalue weighted by molar-refractivity contribution is 7.16. The Hall–Kier alpha value is -0.130. The zero-order valence-corrected chi connectivity index (χ0v) is 13.1. The van der Waals surface area contributed by atoms with Crippen LogP contribution < -0.4 is 5.32 Å². The van der Waals surface area contributed by atoms with Crippen LogP contribution in [0.15, 0.2) is 12.1 Å². The number of hydrogen-bond donors (Lipinski definition) is 1. The van der Waals surface area contributed by atoms with Crippen LogP contribution in [0.3, 0.4) is 0 Å². The van der Waals surface area contributed by atoms with Crippen LogP contribution >= 0.6 is 22.9 Å². The van der Waals surface area contributed by atoms with Gasteiger partial charge in [-0.25, -0.2) is 0 Å². The molecule has 0 bridgehead atoms. The standard InChI is InChI=1S/C14H23ClN2OS/c1-18-11-12-4-7-17(8-5-12)9-6-16-10-13-2-3-14(15)19-13/h2-3,12,16H,4-11H2,1H3. The zero-order chi connectivity index (χ0) is 13.5. The SMILES string of the molecule is COCC1CCN(CCNCc2ccc(Cl)s2)CC1. The number of piperidine rings is 1. The number of rotatable bonds is 7. The van der Waals surface area contributed by atoms with Gasteiger partial charge in [0.25, 0.3) is 0 Å². The molecule has 0 radical (unpaired) electrons. The molecule has 0 atom stereocenters. The fraction of sp³-hybridized carbons (Fsp3) is 0.714. The quantitative estimate of drug-likeness (QED) is 0.784. The van der Waals surface area contributed by atoms with Crippen LogP contribution in [0.2, 0.25) is 4.34 Å². The first-order valence-electron chi connectivity index (χ1n) is 6.94. The van der Waals surface area contributed by atoms with Gasteiger partial charge in [0.1, 0.15) is 0 Å². The van der Waals surface area contributed by atoms with Crippen molar-refractivity contribution in [3.8, 4) is 0 Å². The predicted octanol–water partition coefficient (Wildman–Crippen LogP) is 2.85. The largest absolute Gasteiger partial charge is 0.384 e. The van der Waals surface area contributed by atoms with Crippen LogP contribution in [-0.2, 0) is 11.3 Å². The Morgan fingerprint density at radius 1 is 1.42 bits per heavy atom. The molecule has 0 spiro atoms. The summed E-state index contributed by atoms with van der Waals surface area (Å²) in [6.45, 7) is 6.45. The molecule has 2 rings (SSSR count). The molecule has 19 heavy (non-hydrogen) atoms. The lowest BCUT2D eigenvalue weighted by atomic mass is 9.98. The number of hydrogen-bond acceptors (Lipinski definition) is 4. The molecule has 1 aliphatic heterocycles. The Balaban J connectivity index is 1.54. The lowest BCUT2D eigenvalue weighted by Gasteiger charge is -2.31. The van der Waals surface area contributed by atoms with Crippen molar-refractivity contribution >= 4 is 22.9 Å². The molecule has 1 aliphatic rings. The van der Waals surface area contributed by atoms with Gasteiger partial charge in [0.15, 0.2) is 0 Å². The van der Waals surface area contributed by atoms with Crippen LogP contribution in [0.5, 0.6) is 0 Å². The number of nitrogens with zero attached hydrogens (tertiary/aromatic N) is 1. The van der Waals surface area contributed by atoms with Crippen molar-refractivity contribution < 1.29 is 4.74 Å². The fourth-order valence-electron chi connectivity index (χ4n) is 2.51. The number of nitrogens with one attached hydrogen (secondary N) is 1. The minimum atomic E-state index is 0.766. The number of ether oxygens (including phenoxy) is 1. The van der Waals surface area contributed by atoms with E-state index in [0.29, 0.717) is 0 Å². The van der Waals surface area contributed by atoms with Crippen LogP contribution in [0.4, 0.5) is 0 Å². The van der Waals surface area contributed by atoms with Crippen molar-refractivity contribution in [1.29, 1.82) is 0 Å². The highest BCUT2D eigenvalue weighted by Gasteiger charge is 2.18. The van der Waals surface area contributed by atoms with E-state index in [4.69, 9.17) is 16.3 Å². The van der Waals surface area contributed by atoms with Gasteiger partial charge in [-0.3, -0.25) is 0 Å². The first-order chi connectivity index (χ1) is 9.28. The third-order valence-corrected chi connectivity index (χ3v) is 4.87. The zero-order valence-electron chi connectivity index (χ0n) is 11.5.